The molecule has 0 radical (unpaired) electrons. The number of aryl methyl sites for hydroxylation is 1. The second-order valence-electron chi connectivity index (χ2n) is 9.02. The molecule has 1 aromatic carbocycles. The van der Waals surface area contributed by atoms with Crippen molar-refractivity contribution in [3.05, 3.63) is 29.3 Å². The Balaban J connectivity index is 1.66. The van der Waals surface area contributed by atoms with Crippen LogP contribution in [0.2, 0.25) is 0 Å². The summed E-state index contributed by atoms with van der Waals surface area (Å²) in [6.07, 6.45) is 15.7. The van der Waals surface area contributed by atoms with Gasteiger partial charge in [-0.3, -0.25) is 4.90 Å². The monoisotopic (exact) mass is 403 g/mol. The van der Waals surface area contributed by atoms with Crippen molar-refractivity contribution in [2.75, 3.05) is 12.3 Å². The molecule has 1 unspecified atom stereocenters. The van der Waals surface area contributed by atoms with Gasteiger partial charge in [0, 0.05) is 23.5 Å². The van der Waals surface area contributed by atoms with Gasteiger partial charge in [-0.05, 0) is 62.0 Å². The fraction of sp³-hybridized carbons (Fsp3) is 0.760. The third-order valence-electron chi connectivity index (χ3n) is 6.81. The Morgan fingerprint density at radius 3 is 2.14 bits per heavy atom. The average molecular weight is 404 g/mol. The smallest absolute Gasteiger partial charge is 0.0917 e. The largest absolute Gasteiger partial charge is 0.387 e. The Labute approximate surface area is 177 Å². The molecule has 0 bridgehead atoms. The molecular formula is C25H41NOS. The van der Waals surface area contributed by atoms with Crippen molar-refractivity contribution in [2.24, 2.45) is 0 Å². The number of thioether (sulfide) groups is 1. The number of nitrogens with zero attached hydrogens (tertiary/aromatic N) is 1. The molecule has 2 aliphatic carbocycles. The van der Waals surface area contributed by atoms with Crippen LogP contribution in [0.4, 0.5) is 0 Å². The summed E-state index contributed by atoms with van der Waals surface area (Å²) in [7, 11) is 0. The van der Waals surface area contributed by atoms with E-state index in [1.165, 1.54) is 93.3 Å². The van der Waals surface area contributed by atoms with E-state index in [0.29, 0.717) is 12.1 Å². The maximum atomic E-state index is 11.1. The number of rotatable bonds is 9. The van der Waals surface area contributed by atoms with Gasteiger partial charge in [0.1, 0.15) is 0 Å². The quantitative estimate of drug-likeness (QED) is 0.359. The number of hydrogen-bond donors (Lipinski definition) is 1. The Morgan fingerprint density at radius 1 is 1.00 bits per heavy atom. The van der Waals surface area contributed by atoms with Crippen LogP contribution < -0.4 is 0 Å². The van der Waals surface area contributed by atoms with E-state index in [4.69, 9.17) is 0 Å². The van der Waals surface area contributed by atoms with Gasteiger partial charge in [-0.25, -0.2) is 0 Å². The summed E-state index contributed by atoms with van der Waals surface area (Å²) < 4.78 is 0. The zero-order valence-corrected chi connectivity index (χ0v) is 19.0. The normalized spacial score (nSPS) is 20.6. The van der Waals surface area contributed by atoms with Gasteiger partial charge in [0.15, 0.2) is 0 Å². The Hall–Kier alpha value is -0.510. The van der Waals surface area contributed by atoms with Gasteiger partial charge < -0.3 is 5.11 Å². The lowest BCUT2D eigenvalue weighted by atomic mass is 9.88. The highest BCUT2D eigenvalue weighted by Gasteiger charge is 2.30. The Bertz CT molecular complexity index is 560. The second kappa shape index (κ2) is 11.6. The highest BCUT2D eigenvalue weighted by Crippen LogP contribution is 2.33. The van der Waals surface area contributed by atoms with Crippen LogP contribution in [-0.4, -0.2) is 34.4 Å². The van der Waals surface area contributed by atoms with Crippen LogP contribution in [0.1, 0.15) is 101 Å². The summed E-state index contributed by atoms with van der Waals surface area (Å²) in [4.78, 5) is 4.10. The fourth-order valence-electron chi connectivity index (χ4n) is 5.10. The lowest BCUT2D eigenvalue weighted by Gasteiger charge is -2.42. The lowest BCUT2D eigenvalue weighted by molar-refractivity contribution is 0.0287. The molecule has 3 rings (SSSR count). The third-order valence-corrected chi connectivity index (χ3v) is 8.07. The van der Waals surface area contributed by atoms with Gasteiger partial charge >= 0.3 is 0 Å². The van der Waals surface area contributed by atoms with Crippen LogP contribution in [0.25, 0.3) is 0 Å². The molecule has 1 aromatic rings. The molecule has 0 amide bonds. The molecule has 0 aliphatic heterocycles. The van der Waals surface area contributed by atoms with E-state index >= 15 is 0 Å². The zero-order chi connectivity index (χ0) is 19.8. The molecule has 2 saturated carbocycles. The summed E-state index contributed by atoms with van der Waals surface area (Å²) in [5.41, 5.74) is 2.42. The molecule has 0 heterocycles. The van der Waals surface area contributed by atoms with E-state index in [2.05, 4.69) is 36.9 Å². The van der Waals surface area contributed by atoms with Crippen LogP contribution in [0.3, 0.4) is 0 Å². The summed E-state index contributed by atoms with van der Waals surface area (Å²) in [5, 5.41) is 11.1. The topological polar surface area (TPSA) is 23.5 Å². The van der Waals surface area contributed by atoms with E-state index < -0.39 is 0 Å². The SMILES string of the molecule is CCCCSc1ccc(C(O)CN(C2CCCCC2)C2CCCCC2)cc1C. The zero-order valence-electron chi connectivity index (χ0n) is 18.2. The molecule has 158 valence electrons. The van der Waals surface area contributed by atoms with Crippen LogP contribution in [0.15, 0.2) is 23.1 Å². The van der Waals surface area contributed by atoms with Crippen LogP contribution in [0.5, 0.6) is 0 Å². The van der Waals surface area contributed by atoms with Crippen molar-refractivity contribution < 1.29 is 5.11 Å². The van der Waals surface area contributed by atoms with Crippen LogP contribution in [0, 0.1) is 6.92 Å². The van der Waals surface area contributed by atoms with Crippen molar-refractivity contribution in [1.29, 1.82) is 0 Å². The highest BCUT2D eigenvalue weighted by molar-refractivity contribution is 7.99. The number of aliphatic hydroxyl groups is 1. The van der Waals surface area contributed by atoms with Gasteiger partial charge in [-0.1, -0.05) is 64.0 Å². The van der Waals surface area contributed by atoms with Gasteiger partial charge in [-0.15, -0.1) is 11.8 Å². The van der Waals surface area contributed by atoms with Gasteiger partial charge in [0.05, 0.1) is 6.10 Å². The first kappa shape index (κ1) is 22.2. The standard InChI is InChI=1S/C25H41NOS/c1-3-4-17-28-25-16-15-21(18-20(25)2)24(27)19-26(22-11-7-5-8-12-22)23-13-9-6-10-14-23/h15-16,18,22-24,27H,3-14,17,19H2,1-2H3. The third kappa shape index (κ3) is 6.24. The number of aliphatic hydroxyl groups excluding tert-OH is 1. The Kier molecular flexibility index (Phi) is 9.20. The average Bonchev–Trinajstić information content (AvgIpc) is 2.74. The molecule has 1 atom stereocenters. The number of hydrogen-bond acceptors (Lipinski definition) is 3. The van der Waals surface area contributed by atoms with E-state index in [9.17, 15) is 5.11 Å². The number of unbranched alkanes of at least 4 members (excludes halogenated alkanes) is 1. The van der Waals surface area contributed by atoms with Crippen molar-refractivity contribution in [3.63, 3.8) is 0 Å². The summed E-state index contributed by atoms with van der Waals surface area (Å²) in [6, 6.07) is 8.03. The van der Waals surface area contributed by atoms with Gasteiger partial charge in [0.25, 0.3) is 0 Å². The number of benzene rings is 1. The van der Waals surface area contributed by atoms with Crippen molar-refractivity contribution in [2.45, 2.75) is 114 Å². The van der Waals surface area contributed by atoms with Crippen LogP contribution in [-0.2, 0) is 0 Å². The molecule has 2 nitrogen and oxygen atoms in total. The fourth-order valence-corrected chi connectivity index (χ4v) is 6.20. The molecule has 2 aliphatic rings. The predicted octanol–water partition coefficient (Wildman–Crippen LogP) is 6.89. The molecular weight excluding hydrogens is 362 g/mol. The van der Waals surface area contributed by atoms with E-state index in [0.717, 1.165) is 12.1 Å². The molecule has 28 heavy (non-hydrogen) atoms. The van der Waals surface area contributed by atoms with Crippen molar-refractivity contribution in [3.8, 4) is 0 Å². The minimum Gasteiger partial charge on any atom is -0.387 e. The van der Waals surface area contributed by atoms with Gasteiger partial charge in [-0.2, -0.15) is 0 Å². The minimum absolute atomic E-state index is 0.364. The molecule has 0 spiro atoms. The molecule has 0 saturated heterocycles. The van der Waals surface area contributed by atoms with Crippen molar-refractivity contribution in [1.82, 2.24) is 4.90 Å². The summed E-state index contributed by atoms with van der Waals surface area (Å²) >= 11 is 1.96. The lowest BCUT2D eigenvalue weighted by Crippen LogP contribution is -2.47. The molecule has 2 fully saturated rings. The second-order valence-corrected chi connectivity index (χ2v) is 10.2. The first-order valence-electron chi connectivity index (χ1n) is 11.9. The summed E-state index contributed by atoms with van der Waals surface area (Å²) in [5.74, 6) is 1.19. The molecule has 3 heteroatoms. The van der Waals surface area contributed by atoms with Crippen LogP contribution >= 0.6 is 11.8 Å². The summed E-state index contributed by atoms with van der Waals surface area (Å²) in [6.45, 7) is 5.26. The molecule has 1 N–H and O–H groups in total. The maximum absolute atomic E-state index is 11.1. The Morgan fingerprint density at radius 2 is 1.61 bits per heavy atom. The highest BCUT2D eigenvalue weighted by atomic mass is 32.2. The predicted molar refractivity (Wildman–Crippen MR) is 122 cm³/mol. The first-order valence-corrected chi connectivity index (χ1v) is 12.8. The van der Waals surface area contributed by atoms with Gasteiger partial charge in [0.2, 0.25) is 0 Å². The minimum atomic E-state index is -0.364. The van der Waals surface area contributed by atoms with E-state index in [-0.39, 0.29) is 6.10 Å². The maximum Gasteiger partial charge on any atom is 0.0917 e. The van der Waals surface area contributed by atoms with E-state index in [1.54, 1.807) is 0 Å². The van der Waals surface area contributed by atoms with E-state index in [1.807, 2.05) is 11.8 Å². The van der Waals surface area contributed by atoms with Crippen molar-refractivity contribution >= 4 is 11.8 Å². The molecule has 0 aromatic heterocycles. The first-order chi connectivity index (χ1) is 13.7.